The second-order valence-corrected chi connectivity index (χ2v) is 5.38. The molecule has 0 N–H and O–H groups in total. The first kappa shape index (κ1) is 9.81. The van der Waals surface area contributed by atoms with Crippen molar-refractivity contribution in [1.29, 1.82) is 0 Å². The van der Waals surface area contributed by atoms with Crippen LogP contribution in [0.2, 0.25) is 0 Å². The minimum Gasteiger partial charge on any atom is -0.444 e. The summed E-state index contributed by atoms with van der Waals surface area (Å²) in [5.74, 6) is 0.774. The van der Waals surface area contributed by atoms with E-state index in [0.29, 0.717) is 6.04 Å². The van der Waals surface area contributed by atoms with Gasteiger partial charge in [-0.05, 0) is 46.0 Å². The summed E-state index contributed by atoms with van der Waals surface area (Å²) in [6.07, 6.45) is 3.51. The first-order chi connectivity index (χ1) is 6.47. The van der Waals surface area contributed by atoms with Crippen molar-refractivity contribution >= 4 is 6.09 Å². The zero-order valence-electron chi connectivity index (χ0n) is 9.25. The fourth-order valence-electron chi connectivity index (χ4n) is 2.16. The highest BCUT2D eigenvalue weighted by Crippen LogP contribution is 2.43. The minimum absolute atomic E-state index is 0.121. The first-order valence-electron chi connectivity index (χ1n) is 5.47. The molecule has 1 saturated heterocycles. The standard InChI is InChI=1S/C11H19NO2/c1-11(2,3)14-10(13)12-6-4-5-8-7-9(8)12/h8-9H,4-7H2,1-3H3/t8-,9?/m1/s1. The second-order valence-electron chi connectivity index (χ2n) is 5.38. The van der Waals surface area contributed by atoms with Crippen LogP contribution in [-0.2, 0) is 4.74 Å². The van der Waals surface area contributed by atoms with Crippen molar-refractivity contribution in [1.82, 2.24) is 4.90 Å². The highest BCUT2D eigenvalue weighted by Gasteiger charge is 2.47. The van der Waals surface area contributed by atoms with E-state index in [1.165, 1.54) is 12.8 Å². The summed E-state index contributed by atoms with van der Waals surface area (Å²) in [5, 5.41) is 0. The summed E-state index contributed by atoms with van der Waals surface area (Å²) < 4.78 is 5.36. The van der Waals surface area contributed by atoms with Crippen LogP contribution in [0.15, 0.2) is 0 Å². The minimum atomic E-state index is -0.362. The van der Waals surface area contributed by atoms with Gasteiger partial charge in [-0.3, -0.25) is 0 Å². The number of piperidine rings is 1. The van der Waals surface area contributed by atoms with Crippen LogP contribution in [0.1, 0.15) is 40.0 Å². The Morgan fingerprint density at radius 1 is 1.43 bits per heavy atom. The van der Waals surface area contributed by atoms with E-state index in [1.54, 1.807) is 0 Å². The van der Waals surface area contributed by atoms with Crippen molar-refractivity contribution in [2.75, 3.05) is 6.54 Å². The number of carbonyl (C=O) groups excluding carboxylic acids is 1. The van der Waals surface area contributed by atoms with Gasteiger partial charge >= 0.3 is 6.09 Å². The number of hydrogen-bond donors (Lipinski definition) is 0. The van der Waals surface area contributed by atoms with Crippen molar-refractivity contribution in [3.63, 3.8) is 0 Å². The van der Waals surface area contributed by atoms with Gasteiger partial charge in [-0.15, -0.1) is 0 Å². The summed E-state index contributed by atoms with van der Waals surface area (Å²) in [6, 6.07) is 0.499. The lowest BCUT2D eigenvalue weighted by Crippen LogP contribution is -2.41. The van der Waals surface area contributed by atoms with Crippen molar-refractivity contribution in [3.05, 3.63) is 0 Å². The molecule has 2 atom stereocenters. The first-order valence-corrected chi connectivity index (χ1v) is 5.47. The van der Waals surface area contributed by atoms with Crippen LogP contribution in [-0.4, -0.2) is 29.2 Å². The van der Waals surface area contributed by atoms with Crippen LogP contribution >= 0.6 is 0 Å². The van der Waals surface area contributed by atoms with Crippen LogP contribution in [0.25, 0.3) is 0 Å². The van der Waals surface area contributed by atoms with Gasteiger partial charge in [0.2, 0.25) is 0 Å². The average molecular weight is 197 g/mol. The predicted molar refractivity (Wildman–Crippen MR) is 54.1 cm³/mol. The van der Waals surface area contributed by atoms with Crippen molar-refractivity contribution < 1.29 is 9.53 Å². The van der Waals surface area contributed by atoms with E-state index in [4.69, 9.17) is 4.74 Å². The number of hydrogen-bond acceptors (Lipinski definition) is 2. The lowest BCUT2D eigenvalue weighted by atomic mass is 10.1. The van der Waals surface area contributed by atoms with E-state index >= 15 is 0 Å². The quantitative estimate of drug-likeness (QED) is 0.597. The summed E-state index contributed by atoms with van der Waals surface area (Å²) in [7, 11) is 0. The van der Waals surface area contributed by atoms with Crippen LogP contribution < -0.4 is 0 Å². The molecule has 2 fully saturated rings. The van der Waals surface area contributed by atoms with Crippen LogP contribution in [0, 0.1) is 5.92 Å². The Kier molecular flexibility index (Phi) is 2.20. The van der Waals surface area contributed by atoms with Gasteiger partial charge in [0, 0.05) is 12.6 Å². The van der Waals surface area contributed by atoms with E-state index in [1.807, 2.05) is 25.7 Å². The molecular weight excluding hydrogens is 178 g/mol. The van der Waals surface area contributed by atoms with Gasteiger partial charge < -0.3 is 9.64 Å². The topological polar surface area (TPSA) is 29.5 Å². The van der Waals surface area contributed by atoms with Crippen molar-refractivity contribution in [3.8, 4) is 0 Å². The molecule has 1 aliphatic carbocycles. The third-order valence-electron chi connectivity index (χ3n) is 2.89. The smallest absolute Gasteiger partial charge is 0.410 e. The van der Waals surface area contributed by atoms with E-state index in [2.05, 4.69) is 0 Å². The zero-order chi connectivity index (χ0) is 10.3. The molecule has 3 heteroatoms. The molecule has 14 heavy (non-hydrogen) atoms. The Balaban J connectivity index is 1.91. The summed E-state index contributed by atoms with van der Waals surface area (Å²) >= 11 is 0. The third-order valence-corrected chi connectivity index (χ3v) is 2.89. The van der Waals surface area contributed by atoms with E-state index in [0.717, 1.165) is 18.9 Å². The number of amides is 1. The van der Waals surface area contributed by atoms with Crippen LogP contribution in [0.4, 0.5) is 4.79 Å². The van der Waals surface area contributed by atoms with Crippen LogP contribution in [0.5, 0.6) is 0 Å². The Hall–Kier alpha value is -0.730. The summed E-state index contributed by atoms with van der Waals surface area (Å²) in [6.45, 7) is 6.63. The molecular formula is C11H19NO2. The van der Waals surface area contributed by atoms with Gasteiger partial charge in [0.15, 0.2) is 0 Å². The van der Waals surface area contributed by atoms with Gasteiger partial charge in [0.05, 0.1) is 0 Å². The monoisotopic (exact) mass is 197 g/mol. The Morgan fingerprint density at radius 2 is 2.14 bits per heavy atom. The maximum absolute atomic E-state index is 11.8. The fraction of sp³-hybridized carbons (Fsp3) is 0.909. The largest absolute Gasteiger partial charge is 0.444 e. The summed E-state index contributed by atoms with van der Waals surface area (Å²) in [4.78, 5) is 13.7. The Morgan fingerprint density at radius 3 is 2.79 bits per heavy atom. The second kappa shape index (κ2) is 3.14. The van der Waals surface area contributed by atoms with Crippen LogP contribution in [0.3, 0.4) is 0 Å². The molecule has 0 aromatic carbocycles. The molecule has 80 valence electrons. The van der Waals surface area contributed by atoms with Gasteiger partial charge in [-0.25, -0.2) is 4.79 Å². The third kappa shape index (κ3) is 2.02. The highest BCUT2D eigenvalue weighted by molar-refractivity contribution is 5.69. The maximum Gasteiger partial charge on any atom is 0.410 e. The number of rotatable bonds is 0. The van der Waals surface area contributed by atoms with Gasteiger partial charge in [0.25, 0.3) is 0 Å². The normalized spacial score (nSPS) is 30.9. The molecule has 1 amide bonds. The maximum atomic E-state index is 11.8. The molecule has 0 radical (unpaired) electrons. The van der Waals surface area contributed by atoms with Crippen molar-refractivity contribution in [2.24, 2.45) is 5.92 Å². The molecule has 0 aromatic heterocycles. The van der Waals surface area contributed by atoms with Crippen molar-refractivity contribution in [2.45, 2.75) is 51.7 Å². The number of fused-ring (bicyclic) bond motifs is 1. The van der Waals surface area contributed by atoms with E-state index < -0.39 is 0 Å². The molecule has 1 unspecified atom stereocenters. The zero-order valence-corrected chi connectivity index (χ0v) is 9.25. The molecule has 1 heterocycles. The molecule has 3 nitrogen and oxygen atoms in total. The number of likely N-dealkylation sites (tertiary alicyclic amines) is 1. The Labute approximate surface area is 85.4 Å². The fourth-order valence-corrected chi connectivity index (χ4v) is 2.16. The molecule has 0 aromatic rings. The number of carbonyl (C=O) groups is 1. The lowest BCUT2D eigenvalue weighted by Gasteiger charge is -2.29. The van der Waals surface area contributed by atoms with Gasteiger partial charge in [-0.2, -0.15) is 0 Å². The molecule has 1 saturated carbocycles. The van der Waals surface area contributed by atoms with E-state index in [-0.39, 0.29) is 11.7 Å². The average Bonchev–Trinajstić information content (AvgIpc) is 2.77. The summed E-state index contributed by atoms with van der Waals surface area (Å²) in [5.41, 5.74) is -0.362. The SMILES string of the molecule is CC(C)(C)OC(=O)N1CCC[C@@H]2CC21. The van der Waals surface area contributed by atoms with Gasteiger partial charge in [-0.1, -0.05) is 0 Å². The van der Waals surface area contributed by atoms with E-state index in [9.17, 15) is 4.79 Å². The van der Waals surface area contributed by atoms with Gasteiger partial charge in [0.1, 0.15) is 5.60 Å². The number of nitrogens with zero attached hydrogens (tertiary/aromatic N) is 1. The molecule has 0 spiro atoms. The molecule has 2 aliphatic rings. The Bertz CT molecular complexity index is 244. The lowest BCUT2D eigenvalue weighted by molar-refractivity contribution is 0.0194. The number of ether oxygens (including phenoxy) is 1. The highest BCUT2D eigenvalue weighted by atomic mass is 16.6. The molecule has 0 bridgehead atoms. The molecule has 1 aliphatic heterocycles. The predicted octanol–water partition coefficient (Wildman–Crippen LogP) is 2.41. The molecule has 2 rings (SSSR count).